The van der Waals surface area contributed by atoms with Crippen molar-refractivity contribution < 1.29 is 33.1 Å². The van der Waals surface area contributed by atoms with Gasteiger partial charge in [-0.3, -0.25) is 19.4 Å². The fourth-order valence-corrected chi connectivity index (χ4v) is 4.50. The summed E-state index contributed by atoms with van der Waals surface area (Å²) in [6.07, 6.45) is 1.43. The van der Waals surface area contributed by atoms with Gasteiger partial charge < -0.3 is 19.6 Å². The first-order valence-corrected chi connectivity index (χ1v) is 12.0. The summed E-state index contributed by atoms with van der Waals surface area (Å²) in [5.74, 6) is -4.74. The SMILES string of the molecule is CC(C)CC(=O)O[C@]1(CF)OC(=O)CC1NC(=O)[C@]1(C(C)C)CC(c2nccc3ccccc23)=NO1. The maximum Gasteiger partial charge on any atom is 0.311 e. The Labute approximate surface area is 208 Å². The molecule has 1 amide bonds. The predicted molar refractivity (Wildman–Crippen MR) is 128 cm³/mol. The Morgan fingerprint density at radius 1 is 1.22 bits per heavy atom. The molecule has 3 atom stereocenters. The van der Waals surface area contributed by atoms with Crippen LogP contribution >= 0.6 is 0 Å². The van der Waals surface area contributed by atoms with Gasteiger partial charge in [0.2, 0.25) is 5.60 Å². The van der Waals surface area contributed by atoms with Crippen LogP contribution in [0.4, 0.5) is 4.39 Å². The maximum atomic E-state index is 14.2. The standard InChI is InChI=1S/C26H30FN3O6/c1-15(2)11-21(31)34-26(14-27)20(12-22(32)35-26)29-24(33)25(16(3)4)13-19(30-36-25)23-18-8-6-5-7-17(18)9-10-28-23/h5-10,15-16,20H,11-14H2,1-4H3,(H,29,33)/t20?,25-,26-/m1/s1. The highest BCUT2D eigenvalue weighted by atomic mass is 19.1. The van der Waals surface area contributed by atoms with Gasteiger partial charge in [0.25, 0.3) is 5.91 Å². The predicted octanol–water partition coefficient (Wildman–Crippen LogP) is 3.44. The monoisotopic (exact) mass is 499 g/mol. The van der Waals surface area contributed by atoms with Crippen molar-refractivity contribution >= 4 is 34.3 Å². The molecule has 1 aromatic carbocycles. The molecule has 9 nitrogen and oxygen atoms in total. The number of pyridine rings is 1. The Morgan fingerprint density at radius 2 is 1.97 bits per heavy atom. The molecule has 10 heteroatoms. The molecule has 0 spiro atoms. The van der Waals surface area contributed by atoms with E-state index in [1.165, 1.54) is 0 Å². The zero-order chi connectivity index (χ0) is 26.1. The Hall–Kier alpha value is -3.56. The molecule has 3 heterocycles. The molecule has 1 fully saturated rings. The number of rotatable bonds is 8. The van der Waals surface area contributed by atoms with Gasteiger partial charge in [-0.25, -0.2) is 4.39 Å². The van der Waals surface area contributed by atoms with Crippen LogP contribution in [0.1, 0.15) is 52.7 Å². The number of halogens is 1. The smallest absolute Gasteiger partial charge is 0.311 e. The van der Waals surface area contributed by atoms with Crippen LogP contribution in [0.2, 0.25) is 0 Å². The van der Waals surface area contributed by atoms with Gasteiger partial charge in [0.1, 0.15) is 11.8 Å². The van der Waals surface area contributed by atoms with E-state index in [-0.39, 0.29) is 31.1 Å². The number of nitrogens with zero attached hydrogens (tertiary/aromatic N) is 2. The van der Waals surface area contributed by atoms with E-state index < -0.39 is 42.0 Å². The number of ether oxygens (including phenoxy) is 2. The molecule has 1 N–H and O–H groups in total. The second-order valence-corrected chi connectivity index (χ2v) is 9.95. The molecule has 0 bridgehead atoms. The van der Waals surface area contributed by atoms with Crippen LogP contribution in [-0.2, 0) is 28.7 Å². The number of esters is 2. The number of cyclic esters (lactones) is 1. The Balaban J connectivity index is 1.58. The number of carbonyl (C=O) groups excluding carboxylic acids is 3. The maximum absolute atomic E-state index is 14.2. The molecule has 0 aliphatic carbocycles. The van der Waals surface area contributed by atoms with Crippen molar-refractivity contribution in [2.75, 3.05) is 6.67 Å². The molecule has 36 heavy (non-hydrogen) atoms. The summed E-state index contributed by atoms with van der Waals surface area (Å²) in [5, 5.41) is 8.71. The number of oxime groups is 1. The quantitative estimate of drug-likeness (QED) is 0.553. The average Bonchev–Trinajstić information content (AvgIpc) is 3.41. The number of carbonyl (C=O) groups is 3. The molecule has 2 aliphatic rings. The van der Waals surface area contributed by atoms with E-state index in [9.17, 15) is 18.8 Å². The number of nitrogens with one attached hydrogen (secondary N) is 1. The minimum atomic E-state index is -2.23. The molecule has 2 aromatic rings. The lowest BCUT2D eigenvalue weighted by molar-refractivity contribution is -0.226. The number of benzene rings is 1. The highest BCUT2D eigenvalue weighted by Gasteiger charge is 2.57. The normalized spacial score (nSPS) is 25.6. The van der Waals surface area contributed by atoms with Crippen LogP contribution in [0.25, 0.3) is 10.8 Å². The Morgan fingerprint density at radius 3 is 2.67 bits per heavy atom. The van der Waals surface area contributed by atoms with Gasteiger partial charge in [-0.2, -0.15) is 0 Å². The third-order valence-electron chi connectivity index (χ3n) is 6.55. The summed E-state index contributed by atoms with van der Waals surface area (Å²) in [4.78, 5) is 48.3. The first-order chi connectivity index (χ1) is 17.1. The van der Waals surface area contributed by atoms with Crippen molar-refractivity contribution in [2.24, 2.45) is 17.0 Å². The summed E-state index contributed by atoms with van der Waals surface area (Å²) >= 11 is 0. The first kappa shape index (κ1) is 25.5. The van der Waals surface area contributed by atoms with E-state index in [1.54, 1.807) is 33.9 Å². The fourth-order valence-electron chi connectivity index (χ4n) is 4.50. The van der Waals surface area contributed by atoms with Gasteiger partial charge in [-0.15, -0.1) is 0 Å². The molecular weight excluding hydrogens is 469 g/mol. The summed E-state index contributed by atoms with van der Waals surface area (Å²) in [6, 6.07) is 8.33. The minimum Gasteiger partial charge on any atom is -0.417 e. The third-order valence-corrected chi connectivity index (χ3v) is 6.55. The van der Waals surface area contributed by atoms with E-state index >= 15 is 0 Å². The number of alkyl halides is 1. The number of hydrogen-bond donors (Lipinski definition) is 1. The van der Waals surface area contributed by atoms with Crippen molar-refractivity contribution in [3.05, 3.63) is 42.2 Å². The summed E-state index contributed by atoms with van der Waals surface area (Å²) in [6.45, 7) is 5.90. The van der Waals surface area contributed by atoms with Gasteiger partial charge in [0, 0.05) is 30.3 Å². The third kappa shape index (κ3) is 4.64. The molecule has 1 saturated heterocycles. The van der Waals surface area contributed by atoms with Crippen molar-refractivity contribution in [2.45, 2.75) is 64.4 Å². The average molecular weight is 500 g/mol. The molecule has 0 radical (unpaired) electrons. The summed E-state index contributed by atoms with van der Waals surface area (Å²) in [7, 11) is 0. The fraction of sp³-hybridized carbons (Fsp3) is 0.500. The molecule has 1 aromatic heterocycles. The Bertz CT molecular complexity index is 1210. The largest absolute Gasteiger partial charge is 0.417 e. The van der Waals surface area contributed by atoms with Crippen LogP contribution in [0, 0.1) is 11.8 Å². The van der Waals surface area contributed by atoms with Crippen molar-refractivity contribution in [1.29, 1.82) is 0 Å². The lowest BCUT2D eigenvalue weighted by atomic mass is 9.83. The van der Waals surface area contributed by atoms with Crippen LogP contribution in [0.3, 0.4) is 0 Å². The van der Waals surface area contributed by atoms with Gasteiger partial charge in [-0.1, -0.05) is 57.1 Å². The summed E-state index contributed by atoms with van der Waals surface area (Å²) < 4.78 is 24.6. The van der Waals surface area contributed by atoms with Crippen LogP contribution in [0.5, 0.6) is 0 Å². The van der Waals surface area contributed by atoms with Crippen molar-refractivity contribution in [3.63, 3.8) is 0 Å². The minimum absolute atomic E-state index is 0.00818. The molecule has 192 valence electrons. The lowest BCUT2D eigenvalue weighted by Gasteiger charge is -2.34. The Kier molecular flexibility index (Phi) is 6.97. The van der Waals surface area contributed by atoms with E-state index in [0.29, 0.717) is 11.4 Å². The van der Waals surface area contributed by atoms with Gasteiger partial charge in [0.15, 0.2) is 6.67 Å². The molecule has 2 aliphatic heterocycles. The zero-order valence-electron chi connectivity index (χ0n) is 20.7. The topological polar surface area (TPSA) is 116 Å². The van der Waals surface area contributed by atoms with Crippen molar-refractivity contribution in [1.82, 2.24) is 10.3 Å². The first-order valence-electron chi connectivity index (χ1n) is 12.0. The number of aromatic nitrogens is 1. The van der Waals surface area contributed by atoms with Crippen molar-refractivity contribution in [3.8, 4) is 0 Å². The molecule has 1 unspecified atom stereocenters. The highest BCUT2D eigenvalue weighted by molar-refractivity contribution is 6.11. The molecular formula is C26H30FN3O6. The van der Waals surface area contributed by atoms with Crippen LogP contribution in [0.15, 0.2) is 41.7 Å². The van der Waals surface area contributed by atoms with Gasteiger partial charge in [-0.05, 0) is 17.4 Å². The number of fused-ring (bicyclic) bond motifs is 1. The van der Waals surface area contributed by atoms with Gasteiger partial charge in [0.05, 0.1) is 12.1 Å². The number of hydrogen-bond acceptors (Lipinski definition) is 8. The molecule has 0 saturated carbocycles. The summed E-state index contributed by atoms with van der Waals surface area (Å²) in [5.41, 5.74) is -0.345. The van der Waals surface area contributed by atoms with E-state index in [1.807, 2.05) is 30.3 Å². The lowest BCUT2D eigenvalue weighted by Crippen LogP contribution is -2.60. The van der Waals surface area contributed by atoms with Crippen LogP contribution < -0.4 is 5.32 Å². The number of amides is 1. The second kappa shape index (κ2) is 9.83. The second-order valence-electron chi connectivity index (χ2n) is 9.95. The zero-order valence-corrected chi connectivity index (χ0v) is 20.7. The van der Waals surface area contributed by atoms with E-state index in [2.05, 4.69) is 15.5 Å². The van der Waals surface area contributed by atoms with E-state index in [4.69, 9.17) is 14.3 Å². The van der Waals surface area contributed by atoms with E-state index in [0.717, 1.165) is 10.8 Å². The highest BCUT2D eigenvalue weighted by Crippen LogP contribution is 2.37. The molecule has 4 rings (SSSR count). The van der Waals surface area contributed by atoms with Crippen LogP contribution in [-0.4, -0.2) is 52.6 Å². The van der Waals surface area contributed by atoms with Gasteiger partial charge >= 0.3 is 17.7 Å².